The van der Waals surface area contributed by atoms with E-state index in [1.807, 2.05) is 12.4 Å². The average molecular weight is 245 g/mol. The highest BCUT2D eigenvalue weighted by atomic mass is 15.2. The normalized spacial score (nSPS) is 14.7. The number of rotatable bonds is 4. The summed E-state index contributed by atoms with van der Waals surface area (Å²) in [5.74, 6) is 2.28. The first-order valence-corrected chi connectivity index (χ1v) is 6.62. The lowest BCUT2D eigenvalue weighted by molar-refractivity contribution is 0.493. The second kappa shape index (κ2) is 4.94. The predicted molar refractivity (Wildman–Crippen MR) is 69.3 cm³/mol. The van der Waals surface area contributed by atoms with Gasteiger partial charge in [-0.15, -0.1) is 0 Å². The third-order valence-corrected chi connectivity index (χ3v) is 3.42. The summed E-state index contributed by atoms with van der Waals surface area (Å²) >= 11 is 0. The van der Waals surface area contributed by atoms with Crippen LogP contribution in [0.25, 0.3) is 0 Å². The summed E-state index contributed by atoms with van der Waals surface area (Å²) in [7, 11) is 0. The standard InChI is InChI=1S/C13H19N5/c1-2-5-17-6-4-15-12(17)8-11-9-16-13-10-14-3-7-18(11)13/h4,6,9,14H,2-3,5,7-8,10H2,1H3. The molecule has 3 heterocycles. The van der Waals surface area contributed by atoms with Crippen molar-refractivity contribution >= 4 is 0 Å². The molecule has 0 unspecified atom stereocenters. The highest BCUT2D eigenvalue weighted by Gasteiger charge is 2.15. The van der Waals surface area contributed by atoms with Crippen LogP contribution >= 0.6 is 0 Å². The summed E-state index contributed by atoms with van der Waals surface area (Å²) in [4.78, 5) is 8.94. The number of aryl methyl sites for hydroxylation is 1. The molecular formula is C13H19N5. The van der Waals surface area contributed by atoms with Crippen LogP contribution in [-0.4, -0.2) is 25.6 Å². The molecule has 96 valence electrons. The van der Waals surface area contributed by atoms with E-state index in [0.717, 1.165) is 50.7 Å². The van der Waals surface area contributed by atoms with Gasteiger partial charge in [0.1, 0.15) is 11.6 Å². The van der Waals surface area contributed by atoms with Gasteiger partial charge in [-0.2, -0.15) is 0 Å². The Morgan fingerprint density at radius 1 is 1.39 bits per heavy atom. The van der Waals surface area contributed by atoms with Gasteiger partial charge in [0.05, 0.1) is 6.54 Å². The summed E-state index contributed by atoms with van der Waals surface area (Å²) in [5.41, 5.74) is 1.27. The van der Waals surface area contributed by atoms with Gasteiger partial charge in [-0.05, 0) is 6.42 Å². The van der Waals surface area contributed by atoms with E-state index in [4.69, 9.17) is 0 Å². The topological polar surface area (TPSA) is 47.7 Å². The Kier molecular flexibility index (Phi) is 3.15. The lowest BCUT2D eigenvalue weighted by atomic mass is 10.3. The zero-order chi connectivity index (χ0) is 12.4. The summed E-state index contributed by atoms with van der Waals surface area (Å²) < 4.78 is 4.56. The Morgan fingerprint density at radius 3 is 3.22 bits per heavy atom. The zero-order valence-electron chi connectivity index (χ0n) is 10.8. The first-order valence-electron chi connectivity index (χ1n) is 6.62. The van der Waals surface area contributed by atoms with Crippen molar-refractivity contribution in [2.45, 2.75) is 39.4 Å². The predicted octanol–water partition coefficient (Wildman–Crippen LogP) is 1.18. The SMILES string of the molecule is CCCn1ccnc1Cc1cnc2n1CCNC2. The minimum Gasteiger partial charge on any atom is -0.335 e. The molecule has 0 aliphatic carbocycles. The Bertz CT molecular complexity index is 525. The second-order valence-corrected chi connectivity index (χ2v) is 4.71. The lowest BCUT2D eigenvalue weighted by Crippen LogP contribution is -2.29. The molecule has 5 nitrogen and oxygen atoms in total. The van der Waals surface area contributed by atoms with Gasteiger partial charge >= 0.3 is 0 Å². The molecule has 3 rings (SSSR count). The van der Waals surface area contributed by atoms with Crippen LogP contribution in [-0.2, 0) is 26.1 Å². The van der Waals surface area contributed by atoms with Crippen molar-refractivity contribution < 1.29 is 0 Å². The quantitative estimate of drug-likeness (QED) is 0.880. The van der Waals surface area contributed by atoms with Gasteiger partial charge in [0, 0.05) is 50.3 Å². The highest BCUT2D eigenvalue weighted by Crippen LogP contribution is 2.13. The van der Waals surface area contributed by atoms with Crippen LogP contribution in [0.3, 0.4) is 0 Å². The number of hydrogen-bond acceptors (Lipinski definition) is 3. The highest BCUT2D eigenvalue weighted by molar-refractivity contribution is 5.13. The average Bonchev–Trinajstić information content (AvgIpc) is 2.99. The van der Waals surface area contributed by atoms with Crippen molar-refractivity contribution in [1.29, 1.82) is 0 Å². The van der Waals surface area contributed by atoms with Gasteiger partial charge in [-0.3, -0.25) is 0 Å². The van der Waals surface area contributed by atoms with Gasteiger partial charge in [-0.25, -0.2) is 9.97 Å². The molecule has 1 aliphatic heterocycles. The zero-order valence-corrected chi connectivity index (χ0v) is 10.8. The fourth-order valence-electron chi connectivity index (χ4n) is 2.51. The van der Waals surface area contributed by atoms with Crippen LogP contribution in [0, 0.1) is 0 Å². The van der Waals surface area contributed by atoms with Crippen molar-refractivity contribution in [3.8, 4) is 0 Å². The van der Waals surface area contributed by atoms with Crippen LogP contribution in [0.1, 0.15) is 30.7 Å². The Morgan fingerprint density at radius 2 is 2.33 bits per heavy atom. The van der Waals surface area contributed by atoms with E-state index >= 15 is 0 Å². The number of nitrogens with one attached hydrogen (secondary N) is 1. The van der Waals surface area contributed by atoms with E-state index in [2.05, 4.69) is 37.5 Å². The molecule has 2 aromatic heterocycles. The number of hydrogen-bond donors (Lipinski definition) is 1. The second-order valence-electron chi connectivity index (χ2n) is 4.71. The fraction of sp³-hybridized carbons (Fsp3) is 0.538. The fourth-order valence-corrected chi connectivity index (χ4v) is 2.51. The molecule has 0 bridgehead atoms. The molecule has 5 heteroatoms. The molecule has 0 saturated carbocycles. The maximum atomic E-state index is 4.48. The minimum atomic E-state index is 0.875. The van der Waals surface area contributed by atoms with Crippen molar-refractivity contribution in [3.63, 3.8) is 0 Å². The van der Waals surface area contributed by atoms with Crippen molar-refractivity contribution in [1.82, 2.24) is 24.4 Å². The Balaban J connectivity index is 1.83. The van der Waals surface area contributed by atoms with E-state index in [9.17, 15) is 0 Å². The van der Waals surface area contributed by atoms with Gasteiger partial charge < -0.3 is 14.5 Å². The lowest BCUT2D eigenvalue weighted by Gasteiger charge is -2.17. The van der Waals surface area contributed by atoms with Gasteiger partial charge in [0.2, 0.25) is 0 Å². The van der Waals surface area contributed by atoms with Crippen molar-refractivity contribution in [3.05, 3.63) is 35.9 Å². The molecule has 0 atom stereocenters. The monoisotopic (exact) mass is 245 g/mol. The minimum absolute atomic E-state index is 0.875. The Labute approximate surface area is 107 Å². The Hall–Kier alpha value is -1.62. The van der Waals surface area contributed by atoms with Crippen LogP contribution in [0.4, 0.5) is 0 Å². The van der Waals surface area contributed by atoms with Crippen LogP contribution in [0.15, 0.2) is 18.6 Å². The van der Waals surface area contributed by atoms with Crippen LogP contribution in [0.5, 0.6) is 0 Å². The summed E-state index contributed by atoms with van der Waals surface area (Å²) in [6, 6.07) is 0. The molecule has 0 radical (unpaired) electrons. The third kappa shape index (κ3) is 2.06. The van der Waals surface area contributed by atoms with E-state index < -0.39 is 0 Å². The maximum absolute atomic E-state index is 4.48. The number of aromatic nitrogens is 4. The largest absolute Gasteiger partial charge is 0.335 e. The van der Waals surface area contributed by atoms with Gasteiger partial charge in [0.15, 0.2) is 0 Å². The molecule has 0 fully saturated rings. The molecule has 0 aromatic carbocycles. The molecule has 1 N–H and O–H groups in total. The number of nitrogens with zero attached hydrogens (tertiary/aromatic N) is 4. The summed E-state index contributed by atoms with van der Waals surface area (Å²) in [6.07, 6.45) is 7.96. The van der Waals surface area contributed by atoms with E-state index in [-0.39, 0.29) is 0 Å². The summed E-state index contributed by atoms with van der Waals surface area (Å²) in [6.45, 7) is 6.15. The first-order chi connectivity index (χ1) is 8.88. The van der Waals surface area contributed by atoms with E-state index in [1.165, 1.54) is 5.69 Å². The summed E-state index contributed by atoms with van der Waals surface area (Å²) in [5, 5.41) is 3.34. The van der Waals surface area contributed by atoms with Crippen LogP contribution < -0.4 is 5.32 Å². The molecule has 18 heavy (non-hydrogen) atoms. The number of fused-ring (bicyclic) bond motifs is 1. The van der Waals surface area contributed by atoms with E-state index in [1.54, 1.807) is 0 Å². The molecule has 2 aromatic rings. The molecule has 0 saturated heterocycles. The maximum Gasteiger partial charge on any atom is 0.122 e. The molecular weight excluding hydrogens is 226 g/mol. The molecule has 0 spiro atoms. The van der Waals surface area contributed by atoms with Gasteiger partial charge in [0.25, 0.3) is 0 Å². The smallest absolute Gasteiger partial charge is 0.122 e. The third-order valence-electron chi connectivity index (χ3n) is 3.42. The van der Waals surface area contributed by atoms with Crippen molar-refractivity contribution in [2.24, 2.45) is 0 Å². The molecule has 0 amide bonds. The van der Waals surface area contributed by atoms with Crippen molar-refractivity contribution in [2.75, 3.05) is 6.54 Å². The molecule has 1 aliphatic rings. The van der Waals surface area contributed by atoms with E-state index in [0.29, 0.717) is 0 Å². The van der Waals surface area contributed by atoms with Crippen LogP contribution in [0.2, 0.25) is 0 Å². The number of imidazole rings is 2. The first kappa shape index (κ1) is 11.5. The van der Waals surface area contributed by atoms with Gasteiger partial charge in [-0.1, -0.05) is 6.92 Å².